The standard InChI is InChI=1S/C12H16N2O/c1-10-8-13-6-5-11(10)12-4-2-3-7-14(12)9-15/h5-6,8-9,12H,2-4,7H2,1H3. The van der Waals surface area contributed by atoms with Crippen LogP contribution in [0, 0.1) is 6.92 Å². The SMILES string of the molecule is Cc1cnccc1C1CCCCN1C=O. The molecule has 80 valence electrons. The zero-order valence-corrected chi connectivity index (χ0v) is 9.02. The summed E-state index contributed by atoms with van der Waals surface area (Å²) in [5.41, 5.74) is 2.42. The summed E-state index contributed by atoms with van der Waals surface area (Å²) < 4.78 is 0. The molecule has 1 aliphatic rings. The van der Waals surface area contributed by atoms with Crippen molar-refractivity contribution in [2.24, 2.45) is 0 Å². The average Bonchev–Trinajstić information content (AvgIpc) is 2.30. The van der Waals surface area contributed by atoms with Gasteiger partial charge in [-0.05, 0) is 43.4 Å². The Bertz CT molecular complexity index is 351. The second-order valence-corrected chi connectivity index (χ2v) is 4.09. The predicted molar refractivity (Wildman–Crippen MR) is 58.3 cm³/mol. The van der Waals surface area contributed by atoms with Crippen molar-refractivity contribution in [3.8, 4) is 0 Å². The largest absolute Gasteiger partial charge is 0.338 e. The fourth-order valence-corrected chi connectivity index (χ4v) is 2.27. The van der Waals surface area contributed by atoms with Crippen LogP contribution in [0.15, 0.2) is 18.5 Å². The minimum absolute atomic E-state index is 0.263. The van der Waals surface area contributed by atoms with Crippen LogP contribution in [0.25, 0.3) is 0 Å². The molecular weight excluding hydrogens is 188 g/mol. The molecule has 1 aromatic rings. The number of hydrogen-bond acceptors (Lipinski definition) is 2. The van der Waals surface area contributed by atoms with Crippen molar-refractivity contribution in [2.75, 3.05) is 6.54 Å². The number of nitrogens with zero attached hydrogens (tertiary/aromatic N) is 2. The van der Waals surface area contributed by atoms with Gasteiger partial charge < -0.3 is 4.90 Å². The second kappa shape index (κ2) is 4.43. The zero-order valence-electron chi connectivity index (χ0n) is 9.02. The summed E-state index contributed by atoms with van der Waals surface area (Å²) in [6.45, 7) is 2.94. The van der Waals surface area contributed by atoms with Crippen LogP contribution >= 0.6 is 0 Å². The van der Waals surface area contributed by atoms with Crippen molar-refractivity contribution in [2.45, 2.75) is 32.2 Å². The van der Waals surface area contributed by atoms with Gasteiger partial charge in [-0.25, -0.2) is 0 Å². The summed E-state index contributed by atoms with van der Waals surface area (Å²) in [4.78, 5) is 17.0. The molecule has 0 aromatic carbocycles. The lowest BCUT2D eigenvalue weighted by molar-refractivity contribution is -0.121. The Hall–Kier alpha value is -1.38. The second-order valence-electron chi connectivity index (χ2n) is 4.09. The first-order valence-electron chi connectivity index (χ1n) is 5.44. The molecule has 1 fully saturated rings. The average molecular weight is 204 g/mol. The number of hydrogen-bond donors (Lipinski definition) is 0. The highest BCUT2D eigenvalue weighted by Crippen LogP contribution is 2.30. The van der Waals surface area contributed by atoms with Crippen molar-refractivity contribution in [1.29, 1.82) is 0 Å². The van der Waals surface area contributed by atoms with Crippen molar-refractivity contribution < 1.29 is 4.79 Å². The van der Waals surface area contributed by atoms with Gasteiger partial charge in [-0.3, -0.25) is 9.78 Å². The van der Waals surface area contributed by atoms with E-state index < -0.39 is 0 Å². The maximum atomic E-state index is 11.0. The lowest BCUT2D eigenvalue weighted by Crippen LogP contribution is -2.32. The zero-order chi connectivity index (χ0) is 10.7. The molecule has 1 aromatic heterocycles. The molecule has 0 bridgehead atoms. The number of rotatable bonds is 2. The van der Waals surface area contributed by atoms with Crippen molar-refractivity contribution in [3.05, 3.63) is 29.6 Å². The first-order valence-corrected chi connectivity index (χ1v) is 5.44. The van der Waals surface area contributed by atoms with E-state index in [2.05, 4.69) is 11.9 Å². The van der Waals surface area contributed by atoms with Gasteiger partial charge in [0.15, 0.2) is 0 Å². The van der Waals surface area contributed by atoms with Crippen LogP contribution in [-0.2, 0) is 4.79 Å². The molecule has 0 N–H and O–H groups in total. The van der Waals surface area contributed by atoms with Gasteiger partial charge in [0.2, 0.25) is 6.41 Å². The molecule has 2 rings (SSSR count). The fourth-order valence-electron chi connectivity index (χ4n) is 2.27. The van der Waals surface area contributed by atoms with E-state index in [0.717, 1.165) is 25.8 Å². The summed E-state index contributed by atoms with van der Waals surface area (Å²) in [5, 5.41) is 0. The molecule has 1 amide bonds. The Balaban J connectivity index is 2.28. The molecule has 15 heavy (non-hydrogen) atoms. The lowest BCUT2D eigenvalue weighted by Gasteiger charge is -2.33. The predicted octanol–water partition coefficient (Wildman–Crippen LogP) is 2.07. The van der Waals surface area contributed by atoms with Gasteiger partial charge in [0.1, 0.15) is 0 Å². The smallest absolute Gasteiger partial charge is 0.210 e. The van der Waals surface area contributed by atoms with Crippen molar-refractivity contribution >= 4 is 6.41 Å². The molecule has 0 radical (unpaired) electrons. The van der Waals surface area contributed by atoms with E-state index in [4.69, 9.17) is 0 Å². The summed E-state index contributed by atoms with van der Waals surface area (Å²) in [6.07, 6.45) is 8.05. The number of piperidine rings is 1. The van der Waals surface area contributed by atoms with Gasteiger partial charge >= 0.3 is 0 Å². The summed E-state index contributed by atoms with van der Waals surface area (Å²) in [6, 6.07) is 2.29. The third-order valence-electron chi connectivity index (χ3n) is 3.10. The number of amides is 1. The van der Waals surface area contributed by atoms with Crippen LogP contribution in [0.2, 0.25) is 0 Å². The molecule has 1 unspecified atom stereocenters. The van der Waals surface area contributed by atoms with E-state index in [1.165, 1.54) is 17.5 Å². The Kier molecular flexibility index (Phi) is 2.99. The minimum atomic E-state index is 0.263. The van der Waals surface area contributed by atoms with Crippen LogP contribution in [0.1, 0.15) is 36.4 Å². The number of aromatic nitrogens is 1. The highest BCUT2D eigenvalue weighted by atomic mass is 16.1. The summed E-state index contributed by atoms with van der Waals surface area (Å²) in [7, 11) is 0. The van der Waals surface area contributed by atoms with Crippen LogP contribution in [-0.4, -0.2) is 22.8 Å². The molecule has 1 aliphatic heterocycles. The molecule has 0 saturated carbocycles. The van der Waals surface area contributed by atoms with Gasteiger partial charge in [0.25, 0.3) is 0 Å². The molecule has 3 heteroatoms. The number of pyridine rings is 1. The van der Waals surface area contributed by atoms with Gasteiger partial charge in [-0.2, -0.15) is 0 Å². The van der Waals surface area contributed by atoms with Gasteiger partial charge in [0.05, 0.1) is 6.04 Å². The number of aryl methyl sites for hydroxylation is 1. The molecule has 2 heterocycles. The quantitative estimate of drug-likeness (QED) is 0.691. The fraction of sp³-hybridized carbons (Fsp3) is 0.500. The molecule has 1 atom stereocenters. The highest BCUT2D eigenvalue weighted by Gasteiger charge is 2.23. The third kappa shape index (κ3) is 2.01. The van der Waals surface area contributed by atoms with Crippen LogP contribution in [0.4, 0.5) is 0 Å². The molecular formula is C12H16N2O. The molecule has 3 nitrogen and oxygen atoms in total. The Labute approximate surface area is 90.1 Å². The molecule has 0 aliphatic carbocycles. The first kappa shape index (κ1) is 10.1. The highest BCUT2D eigenvalue weighted by molar-refractivity contribution is 5.49. The maximum Gasteiger partial charge on any atom is 0.210 e. The van der Waals surface area contributed by atoms with Crippen molar-refractivity contribution in [3.63, 3.8) is 0 Å². The van der Waals surface area contributed by atoms with Crippen molar-refractivity contribution in [1.82, 2.24) is 9.88 Å². The van der Waals surface area contributed by atoms with E-state index in [-0.39, 0.29) is 6.04 Å². The van der Waals surface area contributed by atoms with E-state index in [1.54, 1.807) is 6.20 Å². The van der Waals surface area contributed by atoms with Gasteiger partial charge in [-0.15, -0.1) is 0 Å². The number of likely N-dealkylation sites (tertiary alicyclic amines) is 1. The Morgan fingerprint density at radius 2 is 2.40 bits per heavy atom. The topological polar surface area (TPSA) is 33.2 Å². The maximum absolute atomic E-state index is 11.0. The van der Waals surface area contributed by atoms with Gasteiger partial charge in [-0.1, -0.05) is 0 Å². The monoisotopic (exact) mass is 204 g/mol. The third-order valence-corrected chi connectivity index (χ3v) is 3.10. The lowest BCUT2D eigenvalue weighted by atomic mass is 9.94. The normalized spacial score (nSPS) is 21.4. The molecule has 1 saturated heterocycles. The van der Waals surface area contributed by atoms with E-state index in [1.807, 2.05) is 17.2 Å². The number of carbonyl (C=O) groups excluding carboxylic acids is 1. The van der Waals surface area contributed by atoms with E-state index >= 15 is 0 Å². The Morgan fingerprint density at radius 3 is 3.13 bits per heavy atom. The van der Waals surface area contributed by atoms with Gasteiger partial charge in [0, 0.05) is 18.9 Å². The van der Waals surface area contributed by atoms with E-state index in [9.17, 15) is 4.79 Å². The van der Waals surface area contributed by atoms with Crippen LogP contribution < -0.4 is 0 Å². The minimum Gasteiger partial charge on any atom is -0.338 e. The Morgan fingerprint density at radius 1 is 1.53 bits per heavy atom. The van der Waals surface area contributed by atoms with Crippen LogP contribution in [0.3, 0.4) is 0 Å². The molecule has 0 spiro atoms. The first-order chi connectivity index (χ1) is 7.33. The summed E-state index contributed by atoms with van der Waals surface area (Å²) in [5.74, 6) is 0. The number of carbonyl (C=O) groups is 1. The van der Waals surface area contributed by atoms with Crippen LogP contribution in [0.5, 0.6) is 0 Å². The summed E-state index contributed by atoms with van der Waals surface area (Å²) >= 11 is 0. The van der Waals surface area contributed by atoms with E-state index in [0.29, 0.717) is 0 Å².